The third-order valence-electron chi connectivity index (χ3n) is 8.60. The Labute approximate surface area is 278 Å². The highest BCUT2D eigenvalue weighted by atomic mass is 35.5. The number of hydrogen-bond acceptors (Lipinski definition) is 4. The van der Waals surface area contributed by atoms with Gasteiger partial charge in [0, 0.05) is 23.0 Å². The van der Waals surface area contributed by atoms with Crippen LogP contribution < -0.4 is 21.0 Å². The number of nitrogens with zero attached hydrogens (tertiary/aromatic N) is 2. The lowest BCUT2D eigenvalue weighted by molar-refractivity contribution is -0.122. The van der Waals surface area contributed by atoms with Crippen LogP contribution in [0.2, 0.25) is 15.1 Å². The monoisotopic (exact) mass is 671 g/mol. The van der Waals surface area contributed by atoms with Crippen molar-refractivity contribution in [2.24, 2.45) is 0 Å². The van der Waals surface area contributed by atoms with Crippen LogP contribution in [0.25, 0.3) is 11.4 Å². The number of pyridine rings is 1. The van der Waals surface area contributed by atoms with Gasteiger partial charge in [-0.2, -0.15) is 0 Å². The van der Waals surface area contributed by atoms with Gasteiger partial charge in [0.2, 0.25) is 0 Å². The van der Waals surface area contributed by atoms with Crippen LogP contribution in [0, 0.1) is 5.41 Å². The molecule has 2 heterocycles. The maximum atomic E-state index is 13.8. The van der Waals surface area contributed by atoms with Crippen molar-refractivity contribution < 1.29 is 9.53 Å². The van der Waals surface area contributed by atoms with E-state index in [1.807, 2.05) is 13.0 Å². The van der Waals surface area contributed by atoms with E-state index >= 15 is 0 Å². The van der Waals surface area contributed by atoms with Crippen molar-refractivity contribution in [1.82, 2.24) is 14.3 Å². The van der Waals surface area contributed by atoms with Crippen molar-refractivity contribution >= 4 is 46.5 Å². The highest BCUT2D eigenvalue weighted by Crippen LogP contribution is 2.39. The number of nitrogens with one attached hydrogen (secondary N) is 3. The second kappa shape index (κ2) is 13.5. The van der Waals surface area contributed by atoms with E-state index in [1.54, 1.807) is 12.4 Å². The number of halogens is 3. The second-order valence-electron chi connectivity index (χ2n) is 12.4. The normalized spacial score (nSPS) is 12.7. The Morgan fingerprint density at radius 3 is 2.09 bits per heavy atom. The summed E-state index contributed by atoms with van der Waals surface area (Å²) in [6.45, 7) is 15.0. The molecule has 0 aliphatic rings. The van der Waals surface area contributed by atoms with Crippen LogP contribution in [-0.4, -0.2) is 26.4 Å². The Bertz CT molecular complexity index is 1790. The van der Waals surface area contributed by atoms with E-state index in [9.17, 15) is 9.59 Å². The van der Waals surface area contributed by atoms with Crippen LogP contribution >= 0.6 is 34.8 Å². The summed E-state index contributed by atoms with van der Waals surface area (Å²) in [6.07, 6.45) is 4.48. The smallest absolute Gasteiger partial charge is 0.297 e. The number of H-pyrrole nitrogens is 1. The Balaban J connectivity index is 1.77. The van der Waals surface area contributed by atoms with Gasteiger partial charge in [0.05, 0.1) is 15.4 Å². The molecule has 1 unspecified atom stereocenters. The molecule has 0 radical (unpaired) electrons. The van der Waals surface area contributed by atoms with Crippen LogP contribution in [0.4, 0.5) is 5.82 Å². The second-order valence-corrected chi connectivity index (χ2v) is 13.6. The van der Waals surface area contributed by atoms with Crippen LogP contribution in [0.1, 0.15) is 78.9 Å². The molecule has 45 heavy (non-hydrogen) atoms. The van der Waals surface area contributed by atoms with Gasteiger partial charge in [-0.15, -0.1) is 0 Å². The SMILES string of the molecule is CCC(Oc1ccc(C(C)(C)CC)cc1C(C)(C)CC)C(=O)Nc1[nH]n(-c2c(Cl)cc(Cl)cc2Cl)c(=O)c1-n1ccc(=N)cc1. The van der Waals surface area contributed by atoms with Crippen molar-refractivity contribution in [3.8, 4) is 17.1 Å². The third kappa shape index (κ3) is 7.19. The topological polar surface area (TPSA) is 105 Å². The zero-order valence-corrected chi connectivity index (χ0v) is 28.9. The van der Waals surface area contributed by atoms with Crippen LogP contribution in [0.15, 0.2) is 59.7 Å². The zero-order valence-electron chi connectivity index (χ0n) is 26.6. The van der Waals surface area contributed by atoms with Crippen molar-refractivity contribution in [1.29, 1.82) is 5.41 Å². The summed E-state index contributed by atoms with van der Waals surface area (Å²) < 4.78 is 9.12. The summed E-state index contributed by atoms with van der Waals surface area (Å²) in [5.41, 5.74) is 1.78. The molecule has 11 heteroatoms. The van der Waals surface area contributed by atoms with E-state index < -0.39 is 17.6 Å². The first-order valence-corrected chi connectivity index (χ1v) is 16.1. The van der Waals surface area contributed by atoms with E-state index in [0.29, 0.717) is 17.2 Å². The molecule has 0 aliphatic carbocycles. The minimum Gasteiger partial charge on any atom is -0.480 e. The molecule has 240 valence electrons. The lowest BCUT2D eigenvalue weighted by atomic mass is 9.76. The lowest BCUT2D eigenvalue weighted by Crippen LogP contribution is -2.34. The molecule has 8 nitrogen and oxygen atoms in total. The van der Waals surface area contributed by atoms with Crippen molar-refractivity contribution in [3.05, 3.63) is 96.8 Å². The number of aromatic nitrogens is 3. The molecule has 1 atom stereocenters. The molecule has 2 aromatic carbocycles. The van der Waals surface area contributed by atoms with Gasteiger partial charge in [0.25, 0.3) is 11.5 Å². The van der Waals surface area contributed by atoms with E-state index in [0.717, 1.165) is 23.1 Å². The highest BCUT2D eigenvalue weighted by molar-refractivity contribution is 6.40. The molecule has 0 aliphatic heterocycles. The minimum atomic E-state index is -0.871. The van der Waals surface area contributed by atoms with E-state index in [4.69, 9.17) is 44.9 Å². The molecule has 0 saturated heterocycles. The molecule has 1 amide bonds. The molecular weight excluding hydrogens is 633 g/mol. The Hall–Kier alpha value is -3.46. The summed E-state index contributed by atoms with van der Waals surface area (Å²) in [7, 11) is 0. The van der Waals surface area contributed by atoms with Gasteiger partial charge in [-0.05, 0) is 66.0 Å². The van der Waals surface area contributed by atoms with E-state index in [2.05, 4.69) is 64.1 Å². The Kier molecular flexibility index (Phi) is 10.3. The van der Waals surface area contributed by atoms with E-state index in [-0.39, 0.29) is 43.4 Å². The predicted octanol–water partition coefficient (Wildman–Crippen LogP) is 8.57. The summed E-state index contributed by atoms with van der Waals surface area (Å²) in [5.74, 6) is 0.299. The van der Waals surface area contributed by atoms with Gasteiger partial charge in [0.1, 0.15) is 11.4 Å². The fraction of sp³-hybridized carbons (Fsp3) is 0.382. The molecular formula is C34H40Cl3N5O3. The number of anilines is 1. The number of carbonyl (C=O) groups is 1. The van der Waals surface area contributed by atoms with Crippen LogP contribution in [0.5, 0.6) is 5.75 Å². The Morgan fingerprint density at radius 1 is 0.933 bits per heavy atom. The zero-order chi connectivity index (χ0) is 33.3. The molecule has 3 N–H and O–H groups in total. The van der Waals surface area contributed by atoms with Gasteiger partial charge in [-0.3, -0.25) is 14.7 Å². The molecule has 4 rings (SSSR count). The number of rotatable bonds is 11. The average molecular weight is 673 g/mol. The standard InChI is InChI=1S/C34H40Cl3N5O3/c1-8-26(45-27-12-11-20(33(4,5)9-2)17-23(27)34(6,7)10-3)31(43)39-30-29(41-15-13-22(38)14-16-41)32(44)42(40-30)28-24(36)18-21(35)19-25(28)37/h11-19,26,38,40H,8-10H2,1-7H3,(H,39,43). The Morgan fingerprint density at radius 2 is 1.53 bits per heavy atom. The molecule has 0 spiro atoms. The van der Waals surface area contributed by atoms with Gasteiger partial charge >= 0.3 is 0 Å². The first-order valence-electron chi connectivity index (χ1n) is 15.0. The summed E-state index contributed by atoms with van der Waals surface area (Å²) >= 11 is 19.0. The highest BCUT2D eigenvalue weighted by Gasteiger charge is 2.30. The number of ether oxygens (including phenoxy) is 1. The predicted molar refractivity (Wildman–Crippen MR) is 183 cm³/mol. The summed E-state index contributed by atoms with van der Waals surface area (Å²) in [4.78, 5) is 27.7. The lowest BCUT2D eigenvalue weighted by Gasteiger charge is -2.31. The first kappa shape index (κ1) is 34.4. The average Bonchev–Trinajstić information content (AvgIpc) is 3.30. The van der Waals surface area contributed by atoms with Gasteiger partial charge in [-0.1, -0.05) is 95.4 Å². The number of benzene rings is 2. The minimum absolute atomic E-state index is 0.0141. The fourth-order valence-corrected chi connectivity index (χ4v) is 5.88. The van der Waals surface area contributed by atoms with Gasteiger partial charge in [0.15, 0.2) is 17.6 Å². The maximum absolute atomic E-state index is 13.8. The number of carbonyl (C=O) groups excluding carboxylic acids is 1. The van der Waals surface area contributed by atoms with Crippen molar-refractivity contribution in [3.63, 3.8) is 0 Å². The fourth-order valence-electron chi connectivity index (χ4n) is 4.89. The molecule has 0 bridgehead atoms. The number of aromatic amines is 1. The third-order valence-corrected chi connectivity index (χ3v) is 9.39. The van der Waals surface area contributed by atoms with E-state index in [1.165, 1.54) is 34.4 Å². The molecule has 2 aromatic heterocycles. The largest absolute Gasteiger partial charge is 0.480 e. The number of amides is 1. The quantitative estimate of drug-likeness (QED) is 0.149. The van der Waals surface area contributed by atoms with Crippen molar-refractivity contribution in [2.45, 2.75) is 84.7 Å². The molecule has 4 aromatic rings. The van der Waals surface area contributed by atoms with Gasteiger partial charge < -0.3 is 20.0 Å². The molecule has 0 fully saturated rings. The molecule has 0 saturated carbocycles. The summed E-state index contributed by atoms with van der Waals surface area (Å²) in [5, 5.41) is 14.6. The first-order chi connectivity index (χ1) is 21.1. The van der Waals surface area contributed by atoms with Crippen molar-refractivity contribution in [2.75, 3.05) is 5.32 Å². The van der Waals surface area contributed by atoms with Crippen LogP contribution in [-0.2, 0) is 15.6 Å². The maximum Gasteiger partial charge on any atom is 0.297 e. The summed E-state index contributed by atoms with van der Waals surface area (Å²) in [6, 6.07) is 12.2. The number of hydrogen-bond donors (Lipinski definition) is 3. The van der Waals surface area contributed by atoms with Crippen LogP contribution in [0.3, 0.4) is 0 Å². The van der Waals surface area contributed by atoms with Gasteiger partial charge in [-0.25, -0.2) is 4.68 Å².